The van der Waals surface area contributed by atoms with Crippen molar-refractivity contribution in [3.8, 4) is 11.1 Å². The van der Waals surface area contributed by atoms with E-state index in [0.29, 0.717) is 5.02 Å². The molecule has 1 saturated carbocycles. The third kappa shape index (κ3) is 4.62. The van der Waals surface area contributed by atoms with Crippen LogP contribution in [0.5, 0.6) is 0 Å². The molecule has 3 aromatic rings. The maximum atomic E-state index is 13.0. The van der Waals surface area contributed by atoms with Crippen LogP contribution in [0.1, 0.15) is 23.5 Å². The fourth-order valence-corrected chi connectivity index (χ4v) is 5.29. The molecule has 1 aliphatic carbocycles. The second kappa shape index (κ2) is 8.16. The van der Waals surface area contributed by atoms with Crippen LogP contribution in [-0.2, 0) is 21.0 Å². The number of carboxylic acids is 1. The average molecular weight is 496 g/mol. The molecule has 0 aromatic heterocycles. The Hall–Kier alpha value is -2.88. The van der Waals surface area contributed by atoms with E-state index in [0.717, 1.165) is 23.3 Å². The molecular formula is C23H17ClF3NO4S. The minimum atomic E-state index is -4.60. The van der Waals surface area contributed by atoms with E-state index in [9.17, 15) is 31.5 Å². The molecular weight excluding hydrogens is 479 g/mol. The monoisotopic (exact) mass is 495 g/mol. The number of sulfonamides is 1. The Morgan fingerprint density at radius 3 is 2.12 bits per heavy atom. The van der Waals surface area contributed by atoms with Gasteiger partial charge in [0, 0.05) is 10.9 Å². The summed E-state index contributed by atoms with van der Waals surface area (Å²) in [5.41, 5.74) is -1.20. The molecule has 0 amide bonds. The summed E-state index contributed by atoms with van der Waals surface area (Å²) in [5, 5.41) is 10.3. The predicted molar refractivity (Wildman–Crippen MR) is 116 cm³/mol. The maximum absolute atomic E-state index is 13.0. The number of aliphatic carboxylic acids is 1. The lowest BCUT2D eigenvalue weighted by Gasteiger charge is -2.16. The van der Waals surface area contributed by atoms with Gasteiger partial charge in [-0.3, -0.25) is 4.79 Å². The van der Waals surface area contributed by atoms with E-state index in [4.69, 9.17) is 11.6 Å². The summed E-state index contributed by atoms with van der Waals surface area (Å²) in [5.74, 6) is -2.38. The molecule has 4 rings (SSSR count). The van der Waals surface area contributed by atoms with Crippen LogP contribution >= 0.6 is 11.6 Å². The van der Waals surface area contributed by atoms with Crippen molar-refractivity contribution in [3.05, 3.63) is 88.9 Å². The van der Waals surface area contributed by atoms with Crippen LogP contribution in [0.25, 0.3) is 11.1 Å². The number of rotatable bonds is 6. The van der Waals surface area contributed by atoms with Gasteiger partial charge in [-0.15, -0.1) is 0 Å². The van der Waals surface area contributed by atoms with Gasteiger partial charge in [0.15, 0.2) is 0 Å². The van der Waals surface area contributed by atoms with Gasteiger partial charge >= 0.3 is 12.1 Å². The molecule has 0 spiro atoms. The highest BCUT2D eigenvalue weighted by Crippen LogP contribution is 2.53. The summed E-state index contributed by atoms with van der Waals surface area (Å²) < 4.78 is 67.1. The first kappa shape index (κ1) is 23.3. The van der Waals surface area contributed by atoms with Crippen LogP contribution < -0.4 is 4.72 Å². The lowest BCUT2D eigenvalue weighted by Crippen LogP contribution is -2.44. The fraction of sp³-hybridized carbons (Fsp3) is 0.174. The van der Waals surface area contributed by atoms with Crippen LogP contribution in [0.2, 0.25) is 5.02 Å². The van der Waals surface area contributed by atoms with Crippen molar-refractivity contribution in [1.82, 2.24) is 4.72 Å². The molecule has 172 valence electrons. The largest absolute Gasteiger partial charge is 0.480 e. The Labute approximate surface area is 192 Å². The molecule has 10 heteroatoms. The van der Waals surface area contributed by atoms with Crippen LogP contribution in [0, 0.1) is 0 Å². The molecule has 33 heavy (non-hydrogen) atoms. The third-order valence-corrected chi connectivity index (χ3v) is 7.40. The molecule has 5 nitrogen and oxygen atoms in total. The number of benzene rings is 3. The highest BCUT2D eigenvalue weighted by Gasteiger charge is 2.63. The van der Waals surface area contributed by atoms with Gasteiger partial charge in [0.1, 0.15) is 5.54 Å². The third-order valence-electron chi connectivity index (χ3n) is 5.62. The second-order valence-corrected chi connectivity index (χ2v) is 9.91. The number of carboxylic acid groups (broad SMARTS) is 1. The molecule has 0 aliphatic heterocycles. The first-order valence-corrected chi connectivity index (χ1v) is 11.6. The second-order valence-electron chi connectivity index (χ2n) is 7.79. The maximum Gasteiger partial charge on any atom is 0.416 e. The summed E-state index contributed by atoms with van der Waals surface area (Å²) in [7, 11) is -4.26. The molecule has 0 heterocycles. The van der Waals surface area contributed by atoms with Crippen molar-refractivity contribution < 1.29 is 31.5 Å². The summed E-state index contributed by atoms with van der Waals surface area (Å²) in [6, 6.07) is 17.0. The van der Waals surface area contributed by atoms with Gasteiger partial charge in [-0.25, -0.2) is 8.42 Å². The quantitative estimate of drug-likeness (QED) is 0.485. The SMILES string of the molecule is O=C(O)C1(NS(=O)(=O)c2ccc(-c3ccc(Cl)cc3)cc2)CC1c1cccc(C(F)(F)F)c1. The molecule has 2 N–H and O–H groups in total. The molecule has 2 unspecified atom stereocenters. The van der Waals surface area contributed by atoms with Crippen molar-refractivity contribution in [2.75, 3.05) is 0 Å². The van der Waals surface area contributed by atoms with E-state index < -0.39 is 39.2 Å². The predicted octanol–water partition coefficient (Wildman–Crippen LogP) is 5.32. The van der Waals surface area contributed by atoms with Gasteiger partial charge in [-0.05, 0) is 53.4 Å². The van der Waals surface area contributed by atoms with E-state index >= 15 is 0 Å². The van der Waals surface area contributed by atoms with Crippen molar-refractivity contribution in [3.63, 3.8) is 0 Å². The molecule has 0 saturated heterocycles. The number of hydrogen-bond acceptors (Lipinski definition) is 3. The Morgan fingerprint density at radius 2 is 1.58 bits per heavy atom. The Morgan fingerprint density at radius 1 is 1.00 bits per heavy atom. The van der Waals surface area contributed by atoms with Crippen molar-refractivity contribution >= 4 is 27.6 Å². The van der Waals surface area contributed by atoms with Crippen LogP contribution in [0.15, 0.2) is 77.7 Å². The minimum Gasteiger partial charge on any atom is -0.480 e. The van der Waals surface area contributed by atoms with Crippen LogP contribution in [0.4, 0.5) is 13.2 Å². The molecule has 0 radical (unpaired) electrons. The highest BCUT2D eigenvalue weighted by molar-refractivity contribution is 7.89. The number of hydrogen-bond donors (Lipinski definition) is 2. The lowest BCUT2D eigenvalue weighted by atomic mass is 10.0. The summed E-state index contributed by atoms with van der Waals surface area (Å²) in [6.07, 6.45) is -4.76. The lowest BCUT2D eigenvalue weighted by molar-refractivity contribution is -0.140. The van der Waals surface area contributed by atoms with Gasteiger partial charge in [0.25, 0.3) is 0 Å². The highest BCUT2D eigenvalue weighted by atomic mass is 35.5. The van der Waals surface area contributed by atoms with Gasteiger partial charge < -0.3 is 5.11 Å². The van der Waals surface area contributed by atoms with Crippen molar-refractivity contribution in [2.24, 2.45) is 0 Å². The zero-order valence-electron chi connectivity index (χ0n) is 16.8. The van der Waals surface area contributed by atoms with Gasteiger partial charge in [-0.2, -0.15) is 17.9 Å². The number of carbonyl (C=O) groups is 1. The standard InChI is InChI=1S/C23H17ClF3NO4S/c24-18-8-4-14(5-9-18)15-6-10-19(11-7-15)33(31,32)28-22(21(29)30)13-20(22)16-2-1-3-17(12-16)23(25,26)27/h1-12,20,28H,13H2,(H,29,30). The molecule has 2 atom stereocenters. The van der Waals surface area contributed by atoms with Crippen molar-refractivity contribution in [2.45, 2.75) is 28.9 Å². The fourth-order valence-electron chi connectivity index (χ4n) is 3.76. The zero-order valence-corrected chi connectivity index (χ0v) is 18.4. The van der Waals surface area contributed by atoms with Crippen LogP contribution in [0.3, 0.4) is 0 Å². The average Bonchev–Trinajstić information content (AvgIpc) is 3.49. The molecule has 1 fully saturated rings. The number of nitrogens with one attached hydrogen (secondary N) is 1. The smallest absolute Gasteiger partial charge is 0.416 e. The molecule has 1 aliphatic rings. The van der Waals surface area contributed by atoms with E-state index in [-0.39, 0.29) is 16.9 Å². The Kier molecular flexibility index (Phi) is 5.76. The number of halogens is 4. The molecule has 3 aromatic carbocycles. The summed E-state index contributed by atoms with van der Waals surface area (Å²) >= 11 is 5.87. The first-order chi connectivity index (χ1) is 15.4. The zero-order chi connectivity index (χ0) is 24.0. The van der Waals surface area contributed by atoms with Crippen molar-refractivity contribution in [1.29, 1.82) is 0 Å². The van der Waals surface area contributed by atoms with E-state index in [1.165, 1.54) is 24.3 Å². The Balaban J connectivity index is 1.59. The van der Waals surface area contributed by atoms with Gasteiger partial charge in [-0.1, -0.05) is 54.1 Å². The summed E-state index contributed by atoms with van der Waals surface area (Å²) in [6.45, 7) is 0. The van der Waals surface area contributed by atoms with Gasteiger partial charge in [0.2, 0.25) is 10.0 Å². The number of alkyl halides is 3. The van der Waals surface area contributed by atoms with Crippen LogP contribution in [-0.4, -0.2) is 25.0 Å². The Bertz CT molecular complexity index is 1310. The van der Waals surface area contributed by atoms with E-state index in [1.807, 2.05) is 0 Å². The van der Waals surface area contributed by atoms with E-state index in [2.05, 4.69) is 4.72 Å². The first-order valence-electron chi connectivity index (χ1n) is 9.73. The normalized spacial score (nSPS) is 20.4. The topological polar surface area (TPSA) is 83.5 Å². The van der Waals surface area contributed by atoms with Gasteiger partial charge in [0.05, 0.1) is 10.5 Å². The summed E-state index contributed by atoms with van der Waals surface area (Å²) in [4.78, 5) is 11.8. The van der Waals surface area contributed by atoms with E-state index in [1.54, 1.807) is 36.4 Å². The molecule has 0 bridgehead atoms. The minimum absolute atomic E-state index is 0.105.